The molecule has 1 saturated heterocycles. The minimum absolute atomic E-state index is 0.0600. The number of hydrogen-bond donors (Lipinski definition) is 1. The molecule has 2 aliphatic heterocycles. The fraction of sp³-hybridized carbons (Fsp3) is 0.417. The van der Waals surface area contributed by atoms with Gasteiger partial charge in [-0.05, 0) is 35.1 Å². The van der Waals surface area contributed by atoms with Crippen LogP contribution in [0.15, 0.2) is 36.4 Å². The van der Waals surface area contributed by atoms with Crippen molar-refractivity contribution < 1.29 is 19.1 Å². The average molecular weight is 408 g/mol. The van der Waals surface area contributed by atoms with E-state index in [0.717, 1.165) is 22.5 Å². The van der Waals surface area contributed by atoms with Gasteiger partial charge in [0.05, 0.1) is 5.92 Å². The van der Waals surface area contributed by atoms with Crippen LogP contribution in [0.2, 0.25) is 0 Å². The van der Waals surface area contributed by atoms with Gasteiger partial charge < -0.3 is 19.7 Å². The molecule has 0 spiro atoms. The SMILES string of the molecule is CC(C)c1cccc(C(C)C)c1NC(=O)[C@H]1CC(=O)N(c2ccc3c(c2)OCO3)C1. The molecule has 0 radical (unpaired) electrons. The maximum atomic E-state index is 13.1. The van der Waals surface area contributed by atoms with E-state index in [0.29, 0.717) is 18.0 Å². The van der Waals surface area contributed by atoms with Crippen molar-refractivity contribution in [1.29, 1.82) is 0 Å². The first-order chi connectivity index (χ1) is 14.3. The highest BCUT2D eigenvalue weighted by Crippen LogP contribution is 2.38. The summed E-state index contributed by atoms with van der Waals surface area (Å²) < 4.78 is 10.8. The molecule has 4 rings (SSSR count). The number of amides is 2. The van der Waals surface area contributed by atoms with Crippen LogP contribution in [-0.4, -0.2) is 25.2 Å². The summed E-state index contributed by atoms with van der Waals surface area (Å²) in [5, 5.41) is 3.16. The molecule has 2 aromatic rings. The topological polar surface area (TPSA) is 67.9 Å². The number of nitrogens with zero attached hydrogens (tertiary/aromatic N) is 1. The first-order valence-corrected chi connectivity index (χ1v) is 10.5. The number of para-hydroxylation sites is 1. The van der Waals surface area contributed by atoms with Gasteiger partial charge in [0.25, 0.3) is 0 Å². The lowest BCUT2D eigenvalue weighted by molar-refractivity contribution is -0.122. The number of fused-ring (bicyclic) bond motifs is 1. The Bertz CT molecular complexity index is 957. The standard InChI is InChI=1S/C24H28N2O4/c1-14(2)18-6-5-7-19(15(3)4)23(18)25-24(28)16-10-22(27)26(12-16)17-8-9-20-21(11-17)30-13-29-20/h5-9,11,14-16H,10,12-13H2,1-4H3,(H,25,28)/t16-/m0/s1. The van der Waals surface area contributed by atoms with Gasteiger partial charge in [0.15, 0.2) is 11.5 Å². The van der Waals surface area contributed by atoms with Crippen LogP contribution in [-0.2, 0) is 9.59 Å². The van der Waals surface area contributed by atoms with Crippen molar-refractivity contribution in [2.24, 2.45) is 5.92 Å². The van der Waals surface area contributed by atoms with Crippen molar-refractivity contribution in [1.82, 2.24) is 0 Å². The van der Waals surface area contributed by atoms with Crippen LogP contribution < -0.4 is 19.7 Å². The van der Waals surface area contributed by atoms with Crippen LogP contribution in [0.1, 0.15) is 57.1 Å². The van der Waals surface area contributed by atoms with Crippen molar-refractivity contribution in [2.45, 2.75) is 46.0 Å². The van der Waals surface area contributed by atoms with E-state index < -0.39 is 5.92 Å². The zero-order valence-corrected chi connectivity index (χ0v) is 17.9. The molecule has 2 amide bonds. The van der Waals surface area contributed by atoms with E-state index in [-0.39, 0.29) is 36.9 Å². The molecule has 6 nitrogen and oxygen atoms in total. The number of rotatable bonds is 5. The van der Waals surface area contributed by atoms with Gasteiger partial charge in [-0.1, -0.05) is 45.9 Å². The number of ether oxygens (including phenoxy) is 2. The molecule has 1 atom stereocenters. The third-order valence-electron chi connectivity index (χ3n) is 5.78. The Hall–Kier alpha value is -3.02. The van der Waals surface area contributed by atoms with Crippen molar-refractivity contribution >= 4 is 23.2 Å². The predicted molar refractivity (Wildman–Crippen MR) is 116 cm³/mol. The van der Waals surface area contributed by atoms with E-state index in [1.54, 1.807) is 17.0 Å². The van der Waals surface area contributed by atoms with Crippen molar-refractivity contribution in [3.63, 3.8) is 0 Å². The second kappa shape index (κ2) is 8.01. The van der Waals surface area contributed by atoms with Crippen molar-refractivity contribution in [2.75, 3.05) is 23.6 Å². The van der Waals surface area contributed by atoms with Crippen LogP contribution in [0.25, 0.3) is 0 Å². The fourth-order valence-corrected chi connectivity index (χ4v) is 4.11. The van der Waals surface area contributed by atoms with E-state index in [2.05, 4.69) is 45.1 Å². The Balaban J connectivity index is 1.54. The Labute approximate surface area is 177 Å². The summed E-state index contributed by atoms with van der Waals surface area (Å²) >= 11 is 0. The number of nitrogens with one attached hydrogen (secondary N) is 1. The van der Waals surface area contributed by atoms with Gasteiger partial charge in [0.2, 0.25) is 18.6 Å². The highest BCUT2D eigenvalue weighted by molar-refractivity contribution is 6.04. The van der Waals surface area contributed by atoms with Crippen LogP contribution >= 0.6 is 0 Å². The summed E-state index contributed by atoms with van der Waals surface area (Å²) in [5.41, 5.74) is 3.85. The lowest BCUT2D eigenvalue weighted by atomic mass is 9.92. The van der Waals surface area contributed by atoms with Crippen molar-refractivity contribution in [3.05, 3.63) is 47.5 Å². The molecule has 0 aromatic heterocycles. The lowest BCUT2D eigenvalue weighted by Gasteiger charge is -2.22. The molecule has 30 heavy (non-hydrogen) atoms. The molecule has 6 heteroatoms. The first-order valence-electron chi connectivity index (χ1n) is 10.5. The normalized spacial score (nSPS) is 17.9. The number of benzene rings is 2. The van der Waals surface area contributed by atoms with Crippen LogP contribution in [0.3, 0.4) is 0 Å². The minimum atomic E-state index is -0.400. The Morgan fingerprint density at radius 1 is 1.03 bits per heavy atom. The van der Waals surface area contributed by atoms with Gasteiger partial charge in [-0.15, -0.1) is 0 Å². The molecule has 1 N–H and O–H groups in total. The van der Waals surface area contributed by atoms with Gasteiger partial charge >= 0.3 is 0 Å². The number of carbonyl (C=O) groups excluding carboxylic acids is 2. The highest BCUT2D eigenvalue weighted by atomic mass is 16.7. The summed E-state index contributed by atoms with van der Waals surface area (Å²) in [6.07, 6.45) is 0.196. The third kappa shape index (κ3) is 3.74. The number of carbonyl (C=O) groups is 2. The Morgan fingerprint density at radius 2 is 1.70 bits per heavy atom. The quantitative estimate of drug-likeness (QED) is 0.782. The average Bonchev–Trinajstić information content (AvgIpc) is 3.33. The second-order valence-electron chi connectivity index (χ2n) is 8.55. The molecule has 0 bridgehead atoms. The molecule has 0 aliphatic carbocycles. The zero-order valence-electron chi connectivity index (χ0n) is 17.9. The molecule has 0 saturated carbocycles. The number of hydrogen-bond acceptors (Lipinski definition) is 4. The van der Waals surface area contributed by atoms with Crippen LogP contribution in [0.5, 0.6) is 11.5 Å². The zero-order chi connectivity index (χ0) is 21.4. The minimum Gasteiger partial charge on any atom is -0.454 e. The summed E-state index contributed by atoms with van der Waals surface area (Å²) in [4.78, 5) is 27.5. The largest absolute Gasteiger partial charge is 0.454 e. The maximum Gasteiger partial charge on any atom is 0.231 e. The summed E-state index contributed by atoms with van der Waals surface area (Å²) in [6.45, 7) is 9.02. The third-order valence-corrected chi connectivity index (χ3v) is 5.78. The Kier molecular flexibility index (Phi) is 5.41. The van der Waals surface area contributed by atoms with E-state index in [4.69, 9.17) is 9.47 Å². The fourth-order valence-electron chi connectivity index (χ4n) is 4.11. The van der Waals surface area contributed by atoms with E-state index in [9.17, 15) is 9.59 Å². The summed E-state index contributed by atoms with van der Waals surface area (Å²) in [6, 6.07) is 11.6. The van der Waals surface area contributed by atoms with E-state index in [1.165, 1.54) is 0 Å². The van der Waals surface area contributed by atoms with Gasteiger partial charge in [-0.2, -0.15) is 0 Å². The highest BCUT2D eigenvalue weighted by Gasteiger charge is 2.36. The molecular weight excluding hydrogens is 380 g/mol. The van der Waals surface area contributed by atoms with E-state index in [1.807, 2.05) is 12.1 Å². The van der Waals surface area contributed by atoms with Gasteiger partial charge in [-0.25, -0.2) is 0 Å². The van der Waals surface area contributed by atoms with Crippen LogP contribution in [0.4, 0.5) is 11.4 Å². The van der Waals surface area contributed by atoms with Crippen LogP contribution in [0, 0.1) is 5.92 Å². The van der Waals surface area contributed by atoms with Gasteiger partial charge in [0.1, 0.15) is 0 Å². The lowest BCUT2D eigenvalue weighted by Crippen LogP contribution is -2.28. The maximum absolute atomic E-state index is 13.1. The van der Waals surface area contributed by atoms with Gasteiger partial charge in [0, 0.05) is 30.4 Å². The first kappa shape index (κ1) is 20.3. The van der Waals surface area contributed by atoms with Gasteiger partial charge in [-0.3, -0.25) is 9.59 Å². The summed E-state index contributed by atoms with van der Waals surface area (Å²) in [5.74, 6) is 1.30. The molecule has 2 aromatic carbocycles. The molecule has 2 aliphatic rings. The number of anilines is 2. The second-order valence-corrected chi connectivity index (χ2v) is 8.55. The molecule has 1 fully saturated rings. The monoisotopic (exact) mass is 408 g/mol. The van der Waals surface area contributed by atoms with E-state index >= 15 is 0 Å². The molecule has 158 valence electrons. The smallest absolute Gasteiger partial charge is 0.231 e. The predicted octanol–water partition coefficient (Wildman–Crippen LogP) is 4.65. The molecule has 0 unspecified atom stereocenters. The van der Waals surface area contributed by atoms with Crippen molar-refractivity contribution in [3.8, 4) is 11.5 Å². The summed E-state index contributed by atoms with van der Waals surface area (Å²) in [7, 11) is 0. The Morgan fingerprint density at radius 3 is 2.37 bits per heavy atom. The molecular formula is C24H28N2O4. The molecule has 2 heterocycles.